The van der Waals surface area contributed by atoms with Gasteiger partial charge in [0.15, 0.2) is 0 Å². The average molecular weight is 566 g/mol. The maximum Gasteiger partial charge on any atom is 0.335 e. The van der Waals surface area contributed by atoms with Crippen molar-refractivity contribution in [2.75, 3.05) is 26.1 Å². The monoisotopic (exact) mass is 565 g/mol. The van der Waals surface area contributed by atoms with E-state index >= 15 is 4.39 Å². The fraction of sp³-hybridized carbons (Fsp3) is 0.188. The molecule has 5 rings (SSSR count). The van der Waals surface area contributed by atoms with Crippen LogP contribution in [-0.2, 0) is 24.2 Å². The van der Waals surface area contributed by atoms with Gasteiger partial charge in [-0.15, -0.1) is 0 Å². The number of hydrogen-bond acceptors (Lipinski definition) is 7. The van der Waals surface area contributed by atoms with Gasteiger partial charge in [0.1, 0.15) is 23.2 Å². The second kappa shape index (κ2) is 12.5. The molecule has 0 spiro atoms. The number of nitriles is 1. The van der Waals surface area contributed by atoms with Crippen molar-refractivity contribution in [1.82, 2.24) is 14.5 Å². The SMILES string of the molecule is COCCn1c(Cc2ccc(-c3cccc(NCc4ccc(C#N)cc4OC)n3)cc2F)nc2ccc(C(=O)O)cc21. The largest absolute Gasteiger partial charge is 0.496 e. The number of carbonyl (C=O) groups is 1. The Morgan fingerprint density at radius 1 is 1.05 bits per heavy atom. The van der Waals surface area contributed by atoms with Crippen LogP contribution in [0.15, 0.2) is 72.8 Å². The summed E-state index contributed by atoms with van der Waals surface area (Å²) in [5.74, 6) is 0.399. The molecule has 5 aromatic rings. The zero-order valence-electron chi connectivity index (χ0n) is 23.1. The van der Waals surface area contributed by atoms with E-state index in [4.69, 9.17) is 14.7 Å². The van der Waals surface area contributed by atoms with Gasteiger partial charge in [-0.2, -0.15) is 5.26 Å². The van der Waals surface area contributed by atoms with Crippen molar-refractivity contribution in [2.45, 2.75) is 19.5 Å². The molecule has 9 nitrogen and oxygen atoms in total. The van der Waals surface area contributed by atoms with Gasteiger partial charge in [0.25, 0.3) is 0 Å². The van der Waals surface area contributed by atoms with Gasteiger partial charge in [-0.25, -0.2) is 19.2 Å². The molecule has 0 saturated heterocycles. The van der Waals surface area contributed by atoms with E-state index < -0.39 is 11.8 Å². The summed E-state index contributed by atoms with van der Waals surface area (Å²) in [7, 11) is 3.14. The highest BCUT2D eigenvalue weighted by molar-refractivity contribution is 5.92. The molecule has 0 amide bonds. The first kappa shape index (κ1) is 28.3. The minimum absolute atomic E-state index is 0.156. The lowest BCUT2D eigenvalue weighted by molar-refractivity contribution is 0.0697. The molecule has 0 saturated carbocycles. The number of methoxy groups -OCH3 is 2. The van der Waals surface area contributed by atoms with Gasteiger partial charge in [-0.1, -0.05) is 24.3 Å². The van der Waals surface area contributed by atoms with Crippen LogP contribution in [0.4, 0.5) is 10.2 Å². The number of carboxylic acid groups (broad SMARTS) is 1. The lowest BCUT2D eigenvalue weighted by Gasteiger charge is -2.12. The van der Waals surface area contributed by atoms with E-state index in [2.05, 4.69) is 21.4 Å². The van der Waals surface area contributed by atoms with Crippen molar-refractivity contribution >= 4 is 22.8 Å². The number of anilines is 1. The topological polar surface area (TPSA) is 122 Å². The Kier molecular flexibility index (Phi) is 8.41. The van der Waals surface area contributed by atoms with E-state index in [1.807, 2.05) is 34.9 Å². The molecule has 42 heavy (non-hydrogen) atoms. The predicted molar refractivity (Wildman–Crippen MR) is 156 cm³/mol. The minimum atomic E-state index is -1.03. The third-order valence-electron chi connectivity index (χ3n) is 6.92. The van der Waals surface area contributed by atoms with Crippen LogP contribution in [0.3, 0.4) is 0 Å². The molecule has 2 aromatic heterocycles. The van der Waals surface area contributed by atoms with Crippen LogP contribution in [0, 0.1) is 17.1 Å². The number of pyridine rings is 1. The van der Waals surface area contributed by atoms with Crippen LogP contribution in [-0.4, -0.2) is 46.4 Å². The van der Waals surface area contributed by atoms with E-state index in [1.165, 1.54) is 12.1 Å². The number of aromatic nitrogens is 3. The molecule has 2 heterocycles. The van der Waals surface area contributed by atoms with Crippen molar-refractivity contribution in [1.29, 1.82) is 5.26 Å². The number of hydrogen-bond donors (Lipinski definition) is 2. The molecule has 0 aliphatic heterocycles. The van der Waals surface area contributed by atoms with Gasteiger partial charge in [0.2, 0.25) is 0 Å². The van der Waals surface area contributed by atoms with Crippen molar-refractivity contribution < 1.29 is 23.8 Å². The molecule has 0 aliphatic carbocycles. The van der Waals surface area contributed by atoms with Crippen molar-refractivity contribution in [3.05, 3.63) is 107 Å². The van der Waals surface area contributed by atoms with Crippen molar-refractivity contribution in [2.24, 2.45) is 0 Å². The average Bonchev–Trinajstić information content (AvgIpc) is 3.35. The van der Waals surface area contributed by atoms with Crippen LogP contribution < -0.4 is 10.1 Å². The third-order valence-corrected chi connectivity index (χ3v) is 6.92. The molecule has 0 aliphatic rings. The number of imidazole rings is 1. The summed E-state index contributed by atoms with van der Waals surface area (Å²) in [5.41, 5.74) is 4.51. The number of ether oxygens (including phenoxy) is 2. The van der Waals surface area contributed by atoms with E-state index in [1.54, 1.807) is 44.6 Å². The smallest absolute Gasteiger partial charge is 0.335 e. The van der Waals surface area contributed by atoms with Crippen LogP contribution in [0.2, 0.25) is 0 Å². The number of aromatic carboxylic acids is 1. The van der Waals surface area contributed by atoms with E-state index in [0.29, 0.717) is 70.5 Å². The molecule has 3 aromatic carbocycles. The second-order valence-electron chi connectivity index (χ2n) is 9.56. The molecule has 0 bridgehead atoms. The quantitative estimate of drug-likeness (QED) is 0.210. The van der Waals surface area contributed by atoms with Crippen LogP contribution >= 0.6 is 0 Å². The molecular formula is C32H28FN5O4. The van der Waals surface area contributed by atoms with Gasteiger partial charge in [0.05, 0.1) is 47.6 Å². The van der Waals surface area contributed by atoms with Gasteiger partial charge in [0, 0.05) is 37.7 Å². The highest BCUT2D eigenvalue weighted by Crippen LogP contribution is 2.26. The van der Waals surface area contributed by atoms with Crippen LogP contribution in [0.25, 0.3) is 22.3 Å². The summed E-state index contributed by atoms with van der Waals surface area (Å²) in [6.45, 7) is 1.27. The maximum atomic E-state index is 15.4. The summed E-state index contributed by atoms with van der Waals surface area (Å²) in [6.07, 6.45) is 0.217. The van der Waals surface area contributed by atoms with E-state index in [0.717, 1.165) is 5.56 Å². The summed E-state index contributed by atoms with van der Waals surface area (Å²) in [6, 6.07) is 22.6. The van der Waals surface area contributed by atoms with Crippen molar-refractivity contribution in [3.63, 3.8) is 0 Å². The highest BCUT2D eigenvalue weighted by atomic mass is 19.1. The lowest BCUT2D eigenvalue weighted by atomic mass is 10.1. The summed E-state index contributed by atoms with van der Waals surface area (Å²) in [4.78, 5) is 20.8. The number of benzene rings is 3. The Balaban J connectivity index is 1.36. The first-order chi connectivity index (χ1) is 20.4. The fourth-order valence-electron chi connectivity index (χ4n) is 4.73. The Morgan fingerprint density at radius 2 is 1.88 bits per heavy atom. The predicted octanol–water partition coefficient (Wildman–Crippen LogP) is 5.67. The Morgan fingerprint density at radius 3 is 2.62 bits per heavy atom. The van der Waals surface area contributed by atoms with E-state index in [-0.39, 0.29) is 12.0 Å². The minimum Gasteiger partial charge on any atom is -0.496 e. The van der Waals surface area contributed by atoms with Gasteiger partial charge < -0.3 is 24.5 Å². The Hall–Kier alpha value is -5.27. The molecule has 0 radical (unpaired) electrons. The molecule has 0 atom stereocenters. The fourth-order valence-corrected chi connectivity index (χ4v) is 4.73. The zero-order chi connectivity index (χ0) is 29.6. The standard InChI is InChI=1S/C32H28FN5O4/c1-41-13-12-38-28-16-23(32(39)40)10-11-27(28)37-31(38)17-21-8-9-22(15-25(21)33)26-4-3-5-30(36-26)35-19-24-7-6-20(18-34)14-29(24)42-2/h3-11,14-16H,12-13,17,19H2,1-2H3,(H,35,36)(H,39,40). The van der Waals surface area contributed by atoms with E-state index in [9.17, 15) is 9.90 Å². The zero-order valence-corrected chi connectivity index (χ0v) is 23.1. The molecule has 212 valence electrons. The number of halogens is 1. The molecule has 2 N–H and O–H groups in total. The number of fused-ring (bicyclic) bond motifs is 1. The lowest BCUT2D eigenvalue weighted by Crippen LogP contribution is -2.10. The highest BCUT2D eigenvalue weighted by Gasteiger charge is 2.16. The second-order valence-corrected chi connectivity index (χ2v) is 9.56. The maximum absolute atomic E-state index is 15.4. The first-order valence-electron chi connectivity index (χ1n) is 13.2. The summed E-state index contributed by atoms with van der Waals surface area (Å²) >= 11 is 0. The Labute approximate surface area is 241 Å². The number of rotatable bonds is 11. The number of nitrogens with zero attached hydrogens (tertiary/aromatic N) is 4. The molecule has 0 fully saturated rings. The van der Waals surface area contributed by atoms with Crippen LogP contribution in [0.5, 0.6) is 5.75 Å². The number of nitrogens with one attached hydrogen (secondary N) is 1. The van der Waals surface area contributed by atoms with Crippen LogP contribution in [0.1, 0.15) is 32.9 Å². The summed E-state index contributed by atoms with van der Waals surface area (Å²) < 4.78 is 27.9. The normalized spacial score (nSPS) is 10.9. The van der Waals surface area contributed by atoms with Gasteiger partial charge in [-0.3, -0.25) is 0 Å². The first-order valence-corrected chi connectivity index (χ1v) is 13.2. The summed E-state index contributed by atoms with van der Waals surface area (Å²) in [5, 5.41) is 21.8. The van der Waals surface area contributed by atoms with Gasteiger partial charge in [-0.05, 0) is 54.1 Å². The molecular weight excluding hydrogens is 537 g/mol. The number of carboxylic acids is 1. The molecule has 10 heteroatoms. The van der Waals surface area contributed by atoms with Gasteiger partial charge >= 0.3 is 5.97 Å². The third kappa shape index (κ3) is 6.06. The molecule has 0 unspecified atom stereocenters. The van der Waals surface area contributed by atoms with Crippen molar-refractivity contribution in [3.8, 4) is 23.1 Å². The Bertz CT molecular complexity index is 1810.